The maximum atomic E-state index is 12.2. The molecule has 0 bridgehead atoms. The highest BCUT2D eigenvalue weighted by molar-refractivity contribution is 5.89. The van der Waals surface area contributed by atoms with Crippen molar-refractivity contribution in [1.29, 1.82) is 0 Å². The lowest BCUT2D eigenvalue weighted by Crippen LogP contribution is -2.17. The van der Waals surface area contributed by atoms with Crippen LogP contribution in [0, 0.1) is 0 Å². The second kappa shape index (κ2) is 8.17. The molecule has 4 rings (SSSR count). The number of fused-ring (bicyclic) bond motifs is 1. The number of rotatable bonds is 6. The first-order chi connectivity index (χ1) is 14.8. The molecule has 0 atom stereocenters. The number of carbonyl (C=O) groups is 1. The number of carboxylic acid groups (broad SMARTS) is 1. The van der Waals surface area contributed by atoms with Crippen LogP contribution in [0.2, 0.25) is 0 Å². The Labute approximate surface area is 175 Å². The normalized spacial score (nSPS) is 13.1. The van der Waals surface area contributed by atoms with Crippen molar-refractivity contribution in [1.82, 2.24) is 4.98 Å². The minimum absolute atomic E-state index is 0.149. The van der Waals surface area contributed by atoms with E-state index in [1.165, 1.54) is 24.3 Å². The van der Waals surface area contributed by atoms with Crippen LogP contribution in [0.3, 0.4) is 0 Å². The fraction of sp³-hybridized carbons (Fsp3) is 0.182. The third-order valence-electron chi connectivity index (χ3n) is 4.79. The largest absolute Gasteiger partial charge is 0.573 e. The Morgan fingerprint density at radius 2 is 1.84 bits per heavy atom. The summed E-state index contributed by atoms with van der Waals surface area (Å²) in [5, 5.41) is 9.16. The maximum Gasteiger partial charge on any atom is 0.573 e. The van der Waals surface area contributed by atoms with Gasteiger partial charge in [0, 0.05) is 18.3 Å². The lowest BCUT2D eigenvalue weighted by Gasteiger charge is -2.20. The maximum absolute atomic E-state index is 12.2. The van der Waals surface area contributed by atoms with Gasteiger partial charge in [-0.1, -0.05) is 12.1 Å². The zero-order valence-corrected chi connectivity index (χ0v) is 16.1. The molecule has 1 aromatic heterocycles. The van der Waals surface area contributed by atoms with Crippen molar-refractivity contribution >= 4 is 17.3 Å². The molecule has 31 heavy (non-hydrogen) atoms. The van der Waals surface area contributed by atoms with Crippen molar-refractivity contribution in [2.75, 3.05) is 11.4 Å². The van der Waals surface area contributed by atoms with Gasteiger partial charge in [-0.15, -0.1) is 13.2 Å². The number of ether oxygens (including phenoxy) is 2. The molecule has 0 unspecified atom stereocenters. The molecule has 6 nitrogen and oxygen atoms in total. The van der Waals surface area contributed by atoms with Crippen LogP contribution in [0.5, 0.6) is 11.5 Å². The number of nitrogens with zero attached hydrogens (tertiary/aromatic N) is 2. The van der Waals surface area contributed by atoms with E-state index in [1.54, 1.807) is 30.6 Å². The summed E-state index contributed by atoms with van der Waals surface area (Å²) in [5.41, 5.74) is 3.60. The zero-order valence-electron chi connectivity index (χ0n) is 16.1. The van der Waals surface area contributed by atoms with Crippen molar-refractivity contribution in [3.63, 3.8) is 0 Å². The molecule has 0 saturated heterocycles. The molecule has 2 heterocycles. The van der Waals surface area contributed by atoms with E-state index in [1.807, 2.05) is 11.0 Å². The molecule has 3 aromatic rings. The second-order valence-electron chi connectivity index (χ2n) is 6.91. The third-order valence-corrected chi connectivity index (χ3v) is 4.79. The minimum Gasteiger partial charge on any atom is -0.487 e. The highest BCUT2D eigenvalue weighted by atomic mass is 19.4. The zero-order chi connectivity index (χ0) is 22.0. The lowest BCUT2D eigenvalue weighted by atomic mass is 10.1. The Hall–Kier alpha value is -3.75. The highest BCUT2D eigenvalue weighted by Crippen LogP contribution is 2.36. The molecular weight excluding hydrogens is 413 g/mol. The van der Waals surface area contributed by atoms with Gasteiger partial charge in [-0.3, -0.25) is 4.98 Å². The van der Waals surface area contributed by atoms with Crippen molar-refractivity contribution in [2.45, 2.75) is 19.4 Å². The number of aromatic carboxylic acids is 1. The number of pyridine rings is 1. The predicted octanol–water partition coefficient (Wildman–Crippen LogP) is 4.95. The van der Waals surface area contributed by atoms with E-state index in [0.717, 1.165) is 16.9 Å². The molecule has 2 aromatic carbocycles. The monoisotopic (exact) mass is 430 g/mol. The van der Waals surface area contributed by atoms with Crippen LogP contribution in [-0.2, 0) is 13.0 Å². The first-order valence-corrected chi connectivity index (χ1v) is 9.35. The van der Waals surface area contributed by atoms with Gasteiger partial charge < -0.3 is 19.5 Å². The van der Waals surface area contributed by atoms with E-state index in [-0.39, 0.29) is 17.9 Å². The molecule has 1 aliphatic rings. The van der Waals surface area contributed by atoms with Gasteiger partial charge in [0.05, 0.1) is 23.6 Å². The standard InChI is InChI=1S/C22H17F3N2O4/c23-22(24,25)31-18-4-1-14(2-5-18)13-30-19-10-17(11-26-12-19)27-8-7-15-9-16(21(28)29)3-6-20(15)27/h1-6,9-12H,7-8,13H2,(H,28,29). The third kappa shape index (κ3) is 4.88. The summed E-state index contributed by atoms with van der Waals surface area (Å²) < 4.78 is 46.3. The molecule has 0 radical (unpaired) electrons. The van der Waals surface area contributed by atoms with Crippen LogP contribution in [0.25, 0.3) is 0 Å². The molecule has 0 aliphatic carbocycles. The van der Waals surface area contributed by atoms with E-state index < -0.39 is 12.3 Å². The predicted molar refractivity (Wildman–Crippen MR) is 106 cm³/mol. The number of anilines is 2. The summed E-state index contributed by atoms with van der Waals surface area (Å²) in [6, 6.07) is 12.3. The van der Waals surface area contributed by atoms with Gasteiger partial charge in [0.2, 0.25) is 0 Å². The Bertz CT molecular complexity index is 1100. The quantitative estimate of drug-likeness (QED) is 0.597. The topological polar surface area (TPSA) is 71.9 Å². The molecule has 0 fully saturated rings. The molecule has 1 N–H and O–H groups in total. The molecule has 0 amide bonds. The van der Waals surface area contributed by atoms with Gasteiger partial charge in [-0.25, -0.2) is 4.79 Å². The first-order valence-electron chi connectivity index (χ1n) is 9.35. The molecule has 9 heteroatoms. The smallest absolute Gasteiger partial charge is 0.487 e. The fourth-order valence-corrected chi connectivity index (χ4v) is 3.39. The van der Waals surface area contributed by atoms with Crippen molar-refractivity contribution in [3.8, 4) is 11.5 Å². The summed E-state index contributed by atoms with van der Waals surface area (Å²) in [6.07, 6.45) is -0.771. The average Bonchev–Trinajstić information content (AvgIpc) is 3.15. The van der Waals surface area contributed by atoms with Gasteiger partial charge in [-0.2, -0.15) is 0 Å². The molecule has 1 aliphatic heterocycles. The minimum atomic E-state index is -4.73. The van der Waals surface area contributed by atoms with E-state index in [0.29, 0.717) is 24.3 Å². The van der Waals surface area contributed by atoms with Crippen LogP contribution in [-0.4, -0.2) is 29.0 Å². The van der Waals surface area contributed by atoms with Crippen LogP contribution < -0.4 is 14.4 Å². The van der Waals surface area contributed by atoms with Crippen LogP contribution in [0.15, 0.2) is 60.9 Å². The second-order valence-corrected chi connectivity index (χ2v) is 6.91. The van der Waals surface area contributed by atoms with E-state index in [2.05, 4.69) is 9.72 Å². The van der Waals surface area contributed by atoms with Gasteiger partial charge in [0.15, 0.2) is 0 Å². The van der Waals surface area contributed by atoms with E-state index >= 15 is 0 Å². The molecule has 0 spiro atoms. The number of benzene rings is 2. The van der Waals surface area contributed by atoms with E-state index in [4.69, 9.17) is 9.84 Å². The van der Waals surface area contributed by atoms with Crippen LogP contribution >= 0.6 is 0 Å². The van der Waals surface area contributed by atoms with E-state index in [9.17, 15) is 18.0 Å². The van der Waals surface area contributed by atoms with Crippen molar-refractivity contribution in [2.24, 2.45) is 0 Å². The Morgan fingerprint density at radius 1 is 1.06 bits per heavy atom. The van der Waals surface area contributed by atoms with Crippen molar-refractivity contribution in [3.05, 3.63) is 77.6 Å². The van der Waals surface area contributed by atoms with Gasteiger partial charge >= 0.3 is 12.3 Å². The van der Waals surface area contributed by atoms with Gasteiger partial charge in [0.1, 0.15) is 18.1 Å². The van der Waals surface area contributed by atoms with Gasteiger partial charge in [0.25, 0.3) is 0 Å². The summed E-state index contributed by atoms with van der Waals surface area (Å²) in [5.74, 6) is -0.751. The number of alkyl halides is 3. The molecule has 160 valence electrons. The Balaban J connectivity index is 1.44. The molecule has 0 saturated carbocycles. The van der Waals surface area contributed by atoms with Gasteiger partial charge in [-0.05, 0) is 47.9 Å². The number of carboxylic acids is 1. The Kier molecular flexibility index (Phi) is 5.41. The van der Waals surface area contributed by atoms with Crippen LogP contribution in [0.1, 0.15) is 21.5 Å². The lowest BCUT2D eigenvalue weighted by molar-refractivity contribution is -0.274. The van der Waals surface area contributed by atoms with Crippen molar-refractivity contribution < 1.29 is 32.5 Å². The summed E-state index contributed by atoms with van der Waals surface area (Å²) in [7, 11) is 0. The first kappa shape index (κ1) is 20.5. The average molecular weight is 430 g/mol. The summed E-state index contributed by atoms with van der Waals surface area (Å²) >= 11 is 0. The number of halogens is 3. The SMILES string of the molecule is O=C(O)c1ccc2c(c1)CCN2c1cncc(OCc2ccc(OC(F)(F)F)cc2)c1. The summed E-state index contributed by atoms with van der Waals surface area (Å²) in [6.45, 7) is 0.834. The van der Waals surface area contributed by atoms with Crippen LogP contribution in [0.4, 0.5) is 24.5 Å². The fourth-order valence-electron chi connectivity index (χ4n) is 3.39. The summed E-state index contributed by atoms with van der Waals surface area (Å²) in [4.78, 5) is 17.4. The number of aromatic nitrogens is 1. The Morgan fingerprint density at radius 3 is 2.55 bits per heavy atom. The number of hydrogen-bond donors (Lipinski definition) is 1. The number of hydrogen-bond acceptors (Lipinski definition) is 5. The molecular formula is C22H17F3N2O4. The highest BCUT2D eigenvalue weighted by Gasteiger charge is 2.31.